The summed E-state index contributed by atoms with van der Waals surface area (Å²) in [7, 11) is 0. The Kier molecular flexibility index (Phi) is 7.04. The van der Waals surface area contributed by atoms with Crippen LogP contribution in [0.1, 0.15) is 64.9 Å². The van der Waals surface area contributed by atoms with Gasteiger partial charge in [0.25, 0.3) is 0 Å². The van der Waals surface area contributed by atoms with E-state index < -0.39 is 0 Å². The van der Waals surface area contributed by atoms with Gasteiger partial charge in [-0.3, -0.25) is 0 Å². The van der Waals surface area contributed by atoms with Crippen LogP contribution in [0, 0.1) is 10.8 Å². The van der Waals surface area contributed by atoms with Crippen LogP contribution in [0.5, 0.6) is 11.5 Å². The fraction of sp³-hybridized carbons (Fsp3) is 0.571. The monoisotopic (exact) mass is 454 g/mol. The molecule has 0 radical (unpaired) electrons. The first kappa shape index (κ1) is 24.1. The van der Waals surface area contributed by atoms with E-state index in [0.29, 0.717) is 13.2 Å². The lowest BCUT2D eigenvalue weighted by molar-refractivity contribution is -0.172. The van der Waals surface area contributed by atoms with Crippen LogP contribution < -0.4 is 9.47 Å². The molecule has 4 rings (SSSR count). The quantitative estimate of drug-likeness (QED) is 0.432. The van der Waals surface area contributed by atoms with Gasteiger partial charge in [-0.1, -0.05) is 52.0 Å². The van der Waals surface area contributed by atoms with Crippen molar-refractivity contribution < 1.29 is 23.7 Å². The predicted molar refractivity (Wildman–Crippen MR) is 129 cm³/mol. The normalized spacial score (nSPS) is 24.8. The van der Waals surface area contributed by atoms with Gasteiger partial charge in [-0.2, -0.15) is 0 Å². The Morgan fingerprint density at radius 1 is 0.727 bits per heavy atom. The second-order valence-electron chi connectivity index (χ2n) is 10.9. The SMILES string of the molecule is CC(COc1ccc(C2OCC2(C)C)cc1)OCC(C)Oc1ccc(C2OCC2(C)C)cc1. The molecule has 2 saturated heterocycles. The summed E-state index contributed by atoms with van der Waals surface area (Å²) in [5.74, 6) is 1.68. The largest absolute Gasteiger partial charge is 0.491 e. The Hall–Kier alpha value is -2.08. The molecule has 2 aliphatic heterocycles. The van der Waals surface area contributed by atoms with Gasteiger partial charge in [0, 0.05) is 10.8 Å². The van der Waals surface area contributed by atoms with E-state index in [9.17, 15) is 0 Å². The van der Waals surface area contributed by atoms with Crippen LogP contribution in [-0.2, 0) is 14.2 Å². The van der Waals surface area contributed by atoms with Crippen molar-refractivity contribution >= 4 is 0 Å². The molecule has 0 aliphatic carbocycles. The summed E-state index contributed by atoms with van der Waals surface area (Å²) in [6.07, 6.45) is 0.248. The Labute approximate surface area is 198 Å². The van der Waals surface area contributed by atoms with Crippen molar-refractivity contribution in [2.24, 2.45) is 10.8 Å². The number of hydrogen-bond acceptors (Lipinski definition) is 5. The molecule has 2 heterocycles. The van der Waals surface area contributed by atoms with Crippen LogP contribution >= 0.6 is 0 Å². The lowest BCUT2D eigenvalue weighted by Crippen LogP contribution is -2.40. The van der Waals surface area contributed by atoms with Crippen LogP contribution in [0.3, 0.4) is 0 Å². The number of ether oxygens (including phenoxy) is 5. The summed E-state index contributed by atoms with van der Waals surface area (Å²) < 4.78 is 29.3. The van der Waals surface area contributed by atoms with Crippen molar-refractivity contribution in [2.45, 2.75) is 66.0 Å². The lowest BCUT2D eigenvalue weighted by atomic mass is 9.79. The van der Waals surface area contributed by atoms with E-state index >= 15 is 0 Å². The van der Waals surface area contributed by atoms with E-state index in [-0.39, 0.29) is 35.2 Å². The van der Waals surface area contributed by atoms with Gasteiger partial charge in [0.2, 0.25) is 0 Å². The minimum absolute atomic E-state index is 0.0370. The molecule has 4 unspecified atom stereocenters. The van der Waals surface area contributed by atoms with Gasteiger partial charge in [0.15, 0.2) is 0 Å². The van der Waals surface area contributed by atoms with Gasteiger partial charge < -0.3 is 23.7 Å². The van der Waals surface area contributed by atoms with Gasteiger partial charge in [0.05, 0.1) is 38.1 Å². The highest BCUT2D eigenvalue weighted by molar-refractivity contribution is 5.31. The molecule has 2 aromatic carbocycles. The molecule has 5 heteroatoms. The maximum absolute atomic E-state index is 6.02. The summed E-state index contributed by atoms with van der Waals surface area (Å²) in [5.41, 5.74) is 2.80. The molecule has 0 saturated carbocycles. The van der Waals surface area contributed by atoms with Crippen molar-refractivity contribution in [1.82, 2.24) is 0 Å². The van der Waals surface area contributed by atoms with Crippen LogP contribution in [0.15, 0.2) is 48.5 Å². The third-order valence-corrected chi connectivity index (χ3v) is 6.47. The zero-order valence-corrected chi connectivity index (χ0v) is 20.8. The minimum Gasteiger partial charge on any atom is -0.491 e. The molecule has 180 valence electrons. The zero-order chi connectivity index (χ0) is 23.6. The van der Waals surface area contributed by atoms with E-state index in [1.165, 1.54) is 11.1 Å². The average molecular weight is 455 g/mol. The Bertz CT molecular complexity index is 903. The summed E-state index contributed by atoms with van der Waals surface area (Å²) in [5, 5.41) is 0. The van der Waals surface area contributed by atoms with Crippen LogP contribution in [-0.4, -0.2) is 38.6 Å². The molecular weight excluding hydrogens is 416 g/mol. The minimum atomic E-state index is -0.0557. The summed E-state index contributed by atoms with van der Waals surface area (Å²) in [6, 6.07) is 16.4. The summed E-state index contributed by atoms with van der Waals surface area (Å²) in [6.45, 7) is 15.6. The molecule has 0 N–H and O–H groups in total. The highest BCUT2D eigenvalue weighted by atomic mass is 16.6. The van der Waals surface area contributed by atoms with Gasteiger partial charge in [0.1, 0.15) is 24.2 Å². The fourth-order valence-corrected chi connectivity index (χ4v) is 4.38. The van der Waals surface area contributed by atoms with E-state index in [1.54, 1.807) is 0 Å². The highest BCUT2D eigenvalue weighted by Crippen LogP contribution is 2.46. The van der Waals surface area contributed by atoms with Gasteiger partial charge >= 0.3 is 0 Å². The second-order valence-corrected chi connectivity index (χ2v) is 10.9. The van der Waals surface area contributed by atoms with Crippen molar-refractivity contribution in [3.8, 4) is 11.5 Å². The van der Waals surface area contributed by atoms with Crippen LogP contribution in [0.4, 0.5) is 0 Å². The van der Waals surface area contributed by atoms with Gasteiger partial charge in [-0.15, -0.1) is 0 Å². The molecule has 5 nitrogen and oxygen atoms in total. The van der Waals surface area contributed by atoms with Crippen LogP contribution in [0.2, 0.25) is 0 Å². The lowest BCUT2D eigenvalue weighted by Gasteiger charge is -2.44. The van der Waals surface area contributed by atoms with Gasteiger partial charge in [-0.05, 0) is 49.2 Å². The standard InChI is InChI=1S/C28H38O5/c1-19(15-30-23-11-7-21(8-12-23)25-27(3,4)17-31-25)29-16-20(2)33-24-13-9-22(10-14-24)26-28(5,6)18-32-26/h7-14,19-20,25-26H,15-18H2,1-6H3. The third kappa shape index (κ3) is 5.71. The molecule has 0 amide bonds. The first-order valence-electron chi connectivity index (χ1n) is 12.0. The first-order chi connectivity index (χ1) is 15.6. The number of hydrogen-bond donors (Lipinski definition) is 0. The first-order valence-corrected chi connectivity index (χ1v) is 12.0. The smallest absolute Gasteiger partial charge is 0.119 e. The molecule has 0 aromatic heterocycles. The summed E-state index contributed by atoms with van der Waals surface area (Å²) in [4.78, 5) is 0. The van der Waals surface area contributed by atoms with Gasteiger partial charge in [-0.25, -0.2) is 0 Å². The van der Waals surface area contributed by atoms with E-state index in [2.05, 4.69) is 52.0 Å². The van der Waals surface area contributed by atoms with E-state index in [0.717, 1.165) is 24.7 Å². The number of rotatable bonds is 10. The van der Waals surface area contributed by atoms with Crippen molar-refractivity contribution in [1.29, 1.82) is 0 Å². The molecule has 0 bridgehead atoms. The Balaban J connectivity index is 1.16. The van der Waals surface area contributed by atoms with Crippen molar-refractivity contribution in [3.63, 3.8) is 0 Å². The topological polar surface area (TPSA) is 46.2 Å². The van der Waals surface area contributed by atoms with Crippen LogP contribution in [0.25, 0.3) is 0 Å². The van der Waals surface area contributed by atoms with Crippen molar-refractivity contribution in [2.75, 3.05) is 26.4 Å². The van der Waals surface area contributed by atoms with E-state index in [1.807, 2.05) is 38.1 Å². The maximum Gasteiger partial charge on any atom is 0.119 e. The third-order valence-electron chi connectivity index (χ3n) is 6.47. The molecule has 2 aliphatic rings. The number of benzene rings is 2. The fourth-order valence-electron chi connectivity index (χ4n) is 4.38. The zero-order valence-electron chi connectivity index (χ0n) is 20.8. The highest BCUT2D eigenvalue weighted by Gasteiger charge is 2.41. The van der Waals surface area contributed by atoms with Crippen molar-refractivity contribution in [3.05, 3.63) is 59.7 Å². The molecular formula is C28H38O5. The molecule has 2 fully saturated rings. The second kappa shape index (κ2) is 9.65. The Morgan fingerprint density at radius 3 is 1.64 bits per heavy atom. The Morgan fingerprint density at radius 2 is 1.21 bits per heavy atom. The predicted octanol–water partition coefficient (Wildman–Crippen LogP) is 6.13. The molecule has 0 spiro atoms. The molecule has 33 heavy (non-hydrogen) atoms. The molecule has 2 aromatic rings. The molecule has 4 atom stereocenters. The summed E-state index contributed by atoms with van der Waals surface area (Å²) >= 11 is 0. The average Bonchev–Trinajstić information content (AvgIpc) is 2.77. The maximum atomic E-state index is 6.02. The van der Waals surface area contributed by atoms with E-state index in [4.69, 9.17) is 23.7 Å².